The first-order valence-corrected chi connectivity index (χ1v) is 10.2. The van der Waals surface area contributed by atoms with Crippen molar-refractivity contribution in [3.05, 3.63) is 59.7 Å². The Morgan fingerprint density at radius 2 is 1.84 bits per heavy atom. The second-order valence-corrected chi connectivity index (χ2v) is 7.35. The van der Waals surface area contributed by atoms with Crippen molar-refractivity contribution >= 4 is 17.8 Å². The van der Waals surface area contributed by atoms with Crippen molar-refractivity contribution in [2.75, 3.05) is 27.4 Å². The molecule has 1 fully saturated rings. The molecule has 2 aromatic carbocycles. The van der Waals surface area contributed by atoms with Crippen LogP contribution in [0.2, 0.25) is 0 Å². The molecule has 1 heterocycles. The number of aliphatic hydroxyl groups is 1. The summed E-state index contributed by atoms with van der Waals surface area (Å²) < 4.78 is 10.5. The van der Waals surface area contributed by atoms with E-state index in [4.69, 9.17) is 9.47 Å². The van der Waals surface area contributed by atoms with Crippen LogP contribution in [-0.2, 0) is 16.0 Å². The Bertz CT molecular complexity index is 965. The molecule has 4 amide bonds. The van der Waals surface area contributed by atoms with E-state index in [9.17, 15) is 19.5 Å². The minimum atomic E-state index is -0.942. The summed E-state index contributed by atoms with van der Waals surface area (Å²) in [4.78, 5) is 38.5. The van der Waals surface area contributed by atoms with Crippen molar-refractivity contribution in [2.45, 2.75) is 24.9 Å². The molecular formula is C23H27N3O6. The summed E-state index contributed by atoms with van der Waals surface area (Å²) in [6.45, 7) is -0.111. The van der Waals surface area contributed by atoms with E-state index in [2.05, 4.69) is 10.6 Å². The number of rotatable bonds is 10. The van der Waals surface area contributed by atoms with Crippen molar-refractivity contribution < 1.29 is 29.0 Å². The fraction of sp³-hybridized carbons (Fsp3) is 0.348. The molecule has 0 saturated carbocycles. The van der Waals surface area contributed by atoms with Crippen LogP contribution in [-0.4, -0.2) is 61.3 Å². The van der Waals surface area contributed by atoms with Crippen LogP contribution in [0.3, 0.4) is 0 Å². The van der Waals surface area contributed by atoms with E-state index in [0.717, 1.165) is 16.0 Å². The summed E-state index contributed by atoms with van der Waals surface area (Å²) >= 11 is 0. The summed E-state index contributed by atoms with van der Waals surface area (Å²) in [5.41, 5.74) is 1.62. The number of methoxy groups -OCH3 is 2. The highest BCUT2D eigenvalue weighted by Crippen LogP contribution is 2.28. The summed E-state index contributed by atoms with van der Waals surface area (Å²) in [5.74, 6) is 0.266. The maximum atomic E-state index is 12.7. The number of benzene rings is 2. The zero-order chi connectivity index (χ0) is 23.1. The SMILES string of the molecule is COc1ccc(CCN2C(=O)NC(CC(=O)NC(CO)c3ccccc3)C2=O)cc1OC. The zero-order valence-electron chi connectivity index (χ0n) is 18.0. The Kier molecular flexibility index (Phi) is 7.67. The molecule has 0 radical (unpaired) electrons. The van der Waals surface area contributed by atoms with Gasteiger partial charge in [0.1, 0.15) is 6.04 Å². The van der Waals surface area contributed by atoms with Gasteiger partial charge in [0.05, 0.1) is 33.3 Å². The lowest BCUT2D eigenvalue weighted by Gasteiger charge is -2.18. The van der Waals surface area contributed by atoms with Gasteiger partial charge in [-0.05, 0) is 29.7 Å². The van der Waals surface area contributed by atoms with Crippen LogP contribution in [0.1, 0.15) is 23.6 Å². The maximum Gasteiger partial charge on any atom is 0.324 e. The quantitative estimate of drug-likeness (QED) is 0.480. The van der Waals surface area contributed by atoms with Gasteiger partial charge in [0, 0.05) is 6.54 Å². The molecule has 1 saturated heterocycles. The Morgan fingerprint density at radius 3 is 2.50 bits per heavy atom. The molecule has 0 spiro atoms. The predicted molar refractivity (Wildman–Crippen MR) is 116 cm³/mol. The Hall–Kier alpha value is -3.59. The fourth-order valence-electron chi connectivity index (χ4n) is 3.56. The van der Waals surface area contributed by atoms with Gasteiger partial charge in [-0.1, -0.05) is 36.4 Å². The zero-order valence-corrected chi connectivity index (χ0v) is 18.0. The number of carbonyl (C=O) groups excluding carboxylic acids is 3. The highest BCUT2D eigenvalue weighted by Gasteiger charge is 2.38. The molecule has 170 valence electrons. The minimum absolute atomic E-state index is 0.168. The topological polar surface area (TPSA) is 117 Å². The van der Waals surface area contributed by atoms with Crippen LogP contribution >= 0.6 is 0 Å². The van der Waals surface area contributed by atoms with Crippen LogP contribution in [0.15, 0.2) is 48.5 Å². The lowest BCUT2D eigenvalue weighted by Crippen LogP contribution is -2.38. The van der Waals surface area contributed by atoms with E-state index in [1.165, 1.54) is 7.11 Å². The molecule has 9 nitrogen and oxygen atoms in total. The third-order valence-electron chi connectivity index (χ3n) is 5.29. The van der Waals surface area contributed by atoms with Crippen molar-refractivity contribution in [1.82, 2.24) is 15.5 Å². The van der Waals surface area contributed by atoms with E-state index in [0.29, 0.717) is 17.9 Å². The van der Waals surface area contributed by atoms with Gasteiger partial charge in [-0.25, -0.2) is 4.79 Å². The number of hydrogen-bond donors (Lipinski definition) is 3. The molecule has 0 bridgehead atoms. The van der Waals surface area contributed by atoms with Crippen molar-refractivity contribution in [3.8, 4) is 11.5 Å². The minimum Gasteiger partial charge on any atom is -0.493 e. The van der Waals surface area contributed by atoms with Gasteiger partial charge in [-0.15, -0.1) is 0 Å². The first-order valence-electron chi connectivity index (χ1n) is 10.2. The number of carbonyl (C=O) groups is 3. The molecule has 3 rings (SSSR count). The number of aliphatic hydroxyl groups excluding tert-OH is 1. The summed E-state index contributed by atoms with van der Waals surface area (Å²) in [7, 11) is 3.08. The number of nitrogens with zero attached hydrogens (tertiary/aromatic N) is 1. The average molecular weight is 441 g/mol. The van der Waals surface area contributed by atoms with E-state index < -0.39 is 29.9 Å². The number of nitrogens with one attached hydrogen (secondary N) is 2. The number of amides is 4. The van der Waals surface area contributed by atoms with Crippen LogP contribution in [0, 0.1) is 0 Å². The van der Waals surface area contributed by atoms with Crippen LogP contribution in [0.25, 0.3) is 0 Å². The number of hydrogen-bond acceptors (Lipinski definition) is 6. The van der Waals surface area contributed by atoms with Crippen molar-refractivity contribution in [3.63, 3.8) is 0 Å². The van der Waals surface area contributed by atoms with Gasteiger partial charge in [0.25, 0.3) is 5.91 Å². The first kappa shape index (κ1) is 23.1. The molecular weight excluding hydrogens is 414 g/mol. The molecule has 0 aliphatic carbocycles. The Labute approximate surface area is 186 Å². The largest absolute Gasteiger partial charge is 0.493 e. The van der Waals surface area contributed by atoms with Crippen molar-refractivity contribution in [1.29, 1.82) is 0 Å². The normalized spacial score (nSPS) is 16.5. The number of urea groups is 1. The van der Waals surface area contributed by atoms with Crippen molar-refractivity contribution in [2.24, 2.45) is 0 Å². The fourth-order valence-corrected chi connectivity index (χ4v) is 3.56. The molecule has 32 heavy (non-hydrogen) atoms. The third kappa shape index (κ3) is 5.36. The smallest absolute Gasteiger partial charge is 0.324 e. The molecule has 2 atom stereocenters. The van der Waals surface area contributed by atoms with Gasteiger partial charge in [0.15, 0.2) is 11.5 Å². The lowest BCUT2D eigenvalue weighted by molar-refractivity contribution is -0.131. The van der Waals surface area contributed by atoms with Gasteiger partial charge in [0.2, 0.25) is 5.91 Å². The standard InChI is InChI=1S/C23H27N3O6/c1-31-19-9-8-15(12-20(19)32-2)10-11-26-22(29)17(25-23(26)30)13-21(28)24-18(14-27)16-6-4-3-5-7-16/h3-9,12,17-18,27H,10-11,13-14H2,1-2H3,(H,24,28)(H,25,30). The molecule has 0 aromatic heterocycles. The van der Waals surface area contributed by atoms with E-state index in [1.54, 1.807) is 43.5 Å². The van der Waals surface area contributed by atoms with Gasteiger partial charge >= 0.3 is 6.03 Å². The number of ether oxygens (including phenoxy) is 2. The molecule has 2 aromatic rings. The first-order chi connectivity index (χ1) is 15.5. The van der Waals surface area contributed by atoms with E-state index in [1.807, 2.05) is 12.1 Å². The van der Waals surface area contributed by atoms with Gasteiger partial charge in [-0.3, -0.25) is 14.5 Å². The van der Waals surface area contributed by atoms with Gasteiger partial charge in [-0.2, -0.15) is 0 Å². The molecule has 9 heteroatoms. The molecule has 2 unspecified atom stereocenters. The highest BCUT2D eigenvalue weighted by atomic mass is 16.5. The molecule has 1 aliphatic rings. The predicted octanol–water partition coefficient (Wildman–Crippen LogP) is 1.41. The average Bonchev–Trinajstić information content (AvgIpc) is 3.08. The Morgan fingerprint density at radius 1 is 1.12 bits per heavy atom. The van der Waals surface area contributed by atoms with Crippen LogP contribution in [0.5, 0.6) is 11.5 Å². The summed E-state index contributed by atoms with van der Waals surface area (Å²) in [5, 5.41) is 14.9. The summed E-state index contributed by atoms with van der Waals surface area (Å²) in [6.07, 6.45) is 0.222. The van der Waals surface area contributed by atoms with Crippen LogP contribution < -0.4 is 20.1 Å². The molecule has 3 N–H and O–H groups in total. The monoisotopic (exact) mass is 441 g/mol. The Balaban J connectivity index is 1.56. The highest BCUT2D eigenvalue weighted by molar-refractivity contribution is 6.05. The maximum absolute atomic E-state index is 12.7. The van der Waals surface area contributed by atoms with Gasteiger partial charge < -0.3 is 25.2 Å². The van der Waals surface area contributed by atoms with Crippen LogP contribution in [0.4, 0.5) is 4.79 Å². The second kappa shape index (κ2) is 10.6. The lowest BCUT2D eigenvalue weighted by atomic mass is 10.1. The third-order valence-corrected chi connectivity index (χ3v) is 5.29. The van der Waals surface area contributed by atoms with E-state index >= 15 is 0 Å². The number of imide groups is 1. The summed E-state index contributed by atoms with van der Waals surface area (Å²) in [6, 6.07) is 12.4. The van der Waals surface area contributed by atoms with E-state index in [-0.39, 0.29) is 19.6 Å². The molecule has 1 aliphatic heterocycles. The second-order valence-electron chi connectivity index (χ2n) is 7.35.